The van der Waals surface area contributed by atoms with Gasteiger partial charge in [0, 0.05) is 18.9 Å². The molecule has 188 valence electrons. The van der Waals surface area contributed by atoms with Crippen LogP contribution < -0.4 is 10.6 Å². The number of nitrogens with one attached hydrogen (secondary N) is 2. The van der Waals surface area contributed by atoms with E-state index in [-0.39, 0.29) is 37.3 Å². The third-order valence-electron chi connectivity index (χ3n) is 6.37. The minimum Gasteiger partial charge on any atom is -0.480 e. The van der Waals surface area contributed by atoms with Gasteiger partial charge in [-0.25, -0.2) is 9.59 Å². The van der Waals surface area contributed by atoms with Crippen molar-refractivity contribution in [2.45, 2.75) is 58.4 Å². The molecular weight excluding hydrogens is 444 g/mol. The highest BCUT2D eigenvalue weighted by Gasteiger charge is 2.29. The van der Waals surface area contributed by atoms with Gasteiger partial charge in [-0.2, -0.15) is 0 Å². The molecule has 7 heteroatoms. The second kappa shape index (κ2) is 12.4. The summed E-state index contributed by atoms with van der Waals surface area (Å²) >= 11 is 0. The van der Waals surface area contributed by atoms with Crippen LogP contribution in [0.3, 0.4) is 0 Å². The van der Waals surface area contributed by atoms with Crippen LogP contribution in [-0.4, -0.2) is 42.3 Å². The summed E-state index contributed by atoms with van der Waals surface area (Å²) in [6, 6.07) is 15.4. The van der Waals surface area contributed by atoms with Gasteiger partial charge in [-0.1, -0.05) is 75.7 Å². The number of aliphatic carboxylic acids is 1. The van der Waals surface area contributed by atoms with Crippen LogP contribution in [0, 0.1) is 11.8 Å². The number of carbonyl (C=O) groups is 3. The topological polar surface area (TPSA) is 105 Å². The Balaban J connectivity index is 1.55. The summed E-state index contributed by atoms with van der Waals surface area (Å²) in [6.45, 7) is 6.49. The molecule has 35 heavy (non-hydrogen) atoms. The Morgan fingerprint density at radius 1 is 1.00 bits per heavy atom. The Hall–Kier alpha value is -3.35. The number of benzene rings is 2. The van der Waals surface area contributed by atoms with Crippen LogP contribution in [-0.2, 0) is 14.3 Å². The Morgan fingerprint density at radius 2 is 1.60 bits per heavy atom. The van der Waals surface area contributed by atoms with Crippen molar-refractivity contribution in [3.63, 3.8) is 0 Å². The highest BCUT2D eigenvalue weighted by molar-refractivity contribution is 5.83. The molecule has 3 N–H and O–H groups in total. The molecule has 2 atom stereocenters. The molecule has 7 nitrogen and oxygen atoms in total. The van der Waals surface area contributed by atoms with Crippen molar-refractivity contribution in [2.75, 3.05) is 13.2 Å². The summed E-state index contributed by atoms with van der Waals surface area (Å²) in [4.78, 5) is 36.4. The number of alkyl carbamates (subject to hydrolysis) is 1. The van der Waals surface area contributed by atoms with E-state index < -0.39 is 18.1 Å². The first-order chi connectivity index (χ1) is 16.8. The summed E-state index contributed by atoms with van der Waals surface area (Å²) in [6.07, 6.45) is 1.40. The molecule has 0 saturated carbocycles. The lowest BCUT2D eigenvalue weighted by Crippen LogP contribution is -2.42. The van der Waals surface area contributed by atoms with Gasteiger partial charge >= 0.3 is 12.1 Å². The highest BCUT2D eigenvalue weighted by atomic mass is 16.5. The van der Waals surface area contributed by atoms with Gasteiger partial charge in [0.15, 0.2) is 0 Å². The largest absolute Gasteiger partial charge is 0.480 e. The zero-order valence-corrected chi connectivity index (χ0v) is 20.8. The average molecular weight is 481 g/mol. The van der Waals surface area contributed by atoms with Crippen molar-refractivity contribution in [3.05, 3.63) is 59.7 Å². The van der Waals surface area contributed by atoms with Crippen molar-refractivity contribution < 1.29 is 24.2 Å². The lowest BCUT2D eigenvalue weighted by atomic mass is 9.93. The Kier molecular flexibility index (Phi) is 9.29. The van der Waals surface area contributed by atoms with Crippen LogP contribution in [0.25, 0.3) is 11.1 Å². The maximum Gasteiger partial charge on any atom is 0.407 e. The van der Waals surface area contributed by atoms with Crippen molar-refractivity contribution in [1.82, 2.24) is 10.6 Å². The number of carboxylic acid groups (broad SMARTS) is 1. The molecule has 3 rings (SSSR count). The third-order valence-corrected chi connectivity index (χ3v) is 6.37. The number of rotatable bonds is 12. The zero-order chi connectivity index (χ0) is 25.4. The number of hydrogen-bond acceptors (Lipinski definition) is 4. The van der Waals surface area contributed by atoms with Crippen LogP contribution in [0.2, 0.25) is 0 Å². The number of hydrogen-bond donors (Lipinski definition) is 3. The summed E-state index contributed by atoms with van der Waals surface area (Å²) in [5.41, 5.74) is 4.64. The molecule has 0 aliphatic heterocycles. The molecule has 0 bridgehead atoms. The lowest BCUT2D eigenvalue weighted by Gasteiger charge is -2.21. The van der Waals surface area contributed by atoms with Crippen LogP contribution >= 0.6 is 0 Å². The summed E-state index contributed by atoms with van der Waals surface area (Å²) < 4.78 is 5.60. The van der Waals surface area contributed by atoms with Gasteiger partial charge < -0.3 is 20.5 Å². The van der Waals surface area contributed by atoms with Crippen LogP contribution in [0.15, 0.2) is 48.5 Å². The molecule has 2 amide bonds. The summed E-state index contributed by atoms with van der Waals surface area (Å²) in [7, 11) is 0. The second-order valence-corrected chi connectivity index (χ2v) is 9.65. The second-order valence-electron chi connectivity index (χ2n) is 9.65. The zero-order valence-electron chi connectivity index (χ0n) is 20.8. The maximum absolute atomic E-state index is 12.5. The highest BCUT2D eigenvalue weighted by Crippen LogP contribution is 2.44. The molecule has 0 spiro atoms. The van der Waals surface area contributed by atoms with Gasteiger partial charge in [-0.05, 0) is 46.9 Å². The third kappa shape index (κ3) is 7.07. The fourth-order valence-corrected chi connectivity index (χ4v) is 4.84. The summed E-state index contributed by atoms with van der Waals surface area (Å²) in [5.74, 6) is -1.16. The van der Waals surface area contributed by atoms with E-state index >= 15 is 0 Å². The van der Waals surface area contributed by atoms with Gasteiger partial charge in [0.2, 0.25) is 5.91 Å². The van der Waals surface area contributed by atoms with Gasteiger partial charge in [0.25, 0.3) is 0 Å². The minimum absolute atomic E-state index is 0.0168. The van der Waals surface area contributed by atoms with E-state index in [0.29, 0.717) is 18.8 Å². The average Bonchev–Trinajstić information content (AvgIpc) is 3.14. The van der Waals surface area contributed by atoms with Crippen LogP contribution in [0.5, 0.6) is 0 Å². The van der Waals surface area contributed by atoms with Gasteiger partial charge in [-0.3, -0.25) is 4.79 Å². The fraction of sp³-hybridized carbons (Fsp3) is 0.464. The number of fused-ring (bicyclic) bond motifs is 3. The first-order valence-corrected chi connectivity index (χ1v) is 12.4. The molecule has 2 aromatic carbocycles. The van der Waals surface area contributed by atoms with E-state index in [1.165, 1.54) is 11.1 Å². The van der Waals surface area contributed by atoms with Crippen molar-refractivity contribution in [3.8, 4) is 11.1 Å². The molecule has 1 aliphatic rings. The van der Waals surface area contributed by atoms with E-state index in [9.17, 15) is 19.5 Å². The molecule has 0 heterocycles. The van der Waals surface area contributed by atoms with E-state index in [0.717, 1.165) is 17.5 Å². The normalized spacial score (nSPS) is 14.1. The van der Waals surface area contributed by atoms with Gasteiger partial charge in [0.05, 0.1) is 0 Å². The van der Waals surface area contributed by atoms with E-state index in [1.54, 1.807) is 0 Å². The Labute approximate surface area is 207 Å². The van der Waals surface area contributed by atoms with Crippen LogP contribution in [0.4, 0.5) is 4.79 Å². The maximum atomic E-state index is 12.5. The molecule has 0 saturated heterocycles. The molecule has 0 fully saturated rings. The minimum atomic E-state index is -1.03. The molecule has 1 aliphatic carbocycles. The van der Waals surface area contributed by atoms with Crippen molar-refractivity contribution >= 4 is 18.0 Å². The molecular formula is C28H36N2O5. The Bertz CT molecular complexity index is 990. The first kappa shape index (κ1) is 26.3. The number of carboxylic acids is 1. The quantitative estimate of drug-likeness (QED) is 0.399. The van der Waals surface area contributed by atoms with E-state index in [4.69, 9.17) is 4.74 Å². The molecule has 0 aromatic heterocycles. The van der Waals surface area contributed by atoms with Gasteiger partial charge in [-0.15, -0.1) is 0 Å². The van der Waals surface area contributed by atoms with E-state index in [2.05, 4.69) is 48.7 Å². The van der Waals surface area contributed by atoms with Crippen LogP contribution in [0.1, 0.15) is 63.5 Å². The number of carbonyl (C=O) groups excluding carboxylic acids is 2. The smallest absolute Gasteiger partial charge is 0.407 e. The van der Waals surface area contributed by atoms with Gasteiger partial charge in [0.1, 0.15) is 12.6 Å². The number of amides is 2. The predicted octanol–water partition coefficient (Wildman–Crippen LogP) is 4.95. The lowest BCUT2D eigenvalue weighted by molar-refractivity contribution is -0.142. The Morgan fingerprint density at radius 3 is 2.14 bits per heavy atom. The standard InChI is InChI=1S/C28H36N2O5/c1-4-9-25(27(32)33)30-26(31)15-19(14-18(2)3)16-29-28(34)35-17-24-22-12-7-5-10-20(22)21-11-6-8-13-23(21)24/h5-8,10-13,18-19,24-25H,4,9,14-17H2,1-3H3,(H,29,34)(H,30,31)(H,32,33)/t19?,25-/m0/s1. The SMILES string of the molecule is CCC[C@H](NC(=O)CC(CNC(=O)OCC1c2ccccc2-c2ccccc21)CC(C)C)C(=O)O. The number of ether oxygens (including phenoxy) is 1. The monoisotopic (exact) mass is 480 g/mol. The van der Waals surface area contributed by atoms with Crippen molar-refractivity contribution in [1.29, 1.82) is 0 Å². The first-order valence-electron chi connectivity index (χ1n) is 12.4. The van der Waals surface area contributed by atoms with Crippen molar-refractivity contribution in [2.24, 2.45) is 11.8 Å². The summed E-state index contributed by atoms with van der Waals surface area (Å²) in [5, 5.41) is 14.7. The fourth-order valence-electron chi connectivity index (χ4n) is 4.84. The van der Waals surface area contributed by atoms with E-state index in [1.807, 2.05) is 31.2 Å². The molecule has 2 aromatic rings. The molecule has 1 unspecified atom stereocenters. The molecule has 0 radical (unpaired) electrons. The predicted molar refractivity (Wildman–Crippen MR) is 135 cm³/mol.